The van der Waals surface area contributed by atoms with Gasteiger partial charge in [-0.2, -0.15) is 0 Å². The van der Waals surface area contributed by atoms with E-state index in [1.54, 1.807) is 25.1 Å². The number of aromatic hydroxyl groups is 1. The number of alkyl carbamates (subject to hydrolysis) is 1. The maximum Gasteiger partial charge on any atom is 0.407 e. The number of hydrogen-bond acceptors (Lipinski definition) is 4. The van der Waals surface area contributed by atoms with Crippen LogP contribution in [0.15, 0.2) is 18.2 Å². The lowest BCUT2D eigenvalue weighted by atomic mass is 10.2. The molecule has 1 aromatic rings. The van der Waals surface area contributed by atoms with Crippen molar-refractivity contribution < 1.29 is 19.4 Å². The van der Waals surface area contributed by atoms with Crippen molar-refractivity contribution in [1.82, 2.24) is 5.32 Å². The number of phenolic OH excluding ortho intramolecular Hbond substituents is 1. The molecule has 1 atom stereocenters. The van der Waals surface area contributed by atoms with Gasteiger partial charge in [-0.15, -0.1) is 0 Å². The van der Waals surface area contributed by atoms with E-state index >= 15 is 0 Å². The summed E-state index contributed by atoms with van der Waals surface area (Å²) in [6, 6.07) is 5.06. The lowest BCUT2D eigenvalue weighted by Gasteiger charge is -2.12. The molecular weight excluding hydrogens is 210 g/mol. The molecule has 86 valence electrons. The highest BCUT2D eigenvalue weighted by molar-refractivity contribution is 5.69. The quantitative estimate of drug-likeness (QED) is 0.807. The molecule has 16 heavy (non-hydrogen) atoms. The minimum atomic E-state index is -0.416. The molecule has 5 heteroatoms. The number of ether oxygens (including phenoxy) is 2. The van der Waals surface area contributed by atoms with Gasteiger partial charge in [-0.25, -0.2) is 4.79 Å². The van der Waals surface area contributed by atoms with E-state index < -0.39 is 6.09 Å². The molecule has 1 aliphatic rings. The number of nitrogens with one attached hydrogen (secondary N) is 1. The fraction of sp³-hybridized carbons (Fsp3) is 0.364. The van der Waals surface area contributed by atoms with E-state index in [2.05, 4.69) is 5.32 Å². The van der Waals surface area contributed by atoms with Gasteiger partial charge in [0.25, 0.3) is 0 Å². The van der Waals surface area contributed by atoms with Crippen LogP contribution in [0.3, 0.4) is 0 Å². The summed E-state index contributed by atoms with van der Waals surface area (Å²) in [5, 5.41) is 12.0. The molecule has 1 fully saturated rings. The van der Waals surface area contributed by atoms with Crippen molar-refractivity contribution >= 4 is 6.09 Å². The first-order chi connectivity index (χ1) is 7.66. The molecule has 1 aliphatic heterocycles. The Kier molecular flexibility index (Phi) is 2.85. The van der Waals surface area contributed by atoms with Crippen molar-refractivity contribution in [1.29, 1.82) is 0 Å². The smallest absolute Gasteiger partial charge is 0.407 e. The van der Waals surface area contributed by atoms with Gasteiger partial charge in [-0.05, 0) is 19.1 Å². The zero-order valence-corrected chi connectivity index (χ0v) is 8.90. The van der Waals surface area contributed by atoms with Crippen molar-refractivity contribution in [2.24, 2.45) is 0 Å². The van der Waals surface area contributed by atoms with Crippen molar-refractivity contribution in [3.63, 3.8) is 0 Å². The number of rotatable bonds is 3. The van der Waals surface area contributed by atoms with Gasteiger partial charge >= 0.3 is 6.09 Å². The normalized spacial score (nSPS) is 19.1. The van der Waals surface area contributed by atoms with Crippen LogP contribution >= 0.6 is 0 Å². The molecule has 1 aromatic carbocycles. The second-order valence-corrected chi connectivity index (χ2v) is 3.62. The van der Waals surface area contributed by atoms with Gasteiger partial charge in [0.05, 0.1) is 6.54 Å². The predicted molar refractivity (Wildman–Crippen MR) is 56.6 cm³/mol. The summed E-state index contributed by atoms with van der Waals surface area (Å²) in [7, 11) is 0. The minimum absolute atomic E-state index is 0.194. The fourth-order valence-electron chi connectivity index (χ4n) is 1.47. The molecule has 1 heterocycles. The van der Waals surface area contributed by atoms with E-state index in [4.69, 9.17) is 9.47 Å². The number of hydrogen-bond donors (Lipinski definition) is 2. The number of phenols is 1. The molecule has 1 unspecified atom stereocenters. The maximum absolute atomic E-state index is 10.8. The Morgan fingerprint density at radius 2 is 2.44 bits per heavy atom. The summed E-state index contributed by atoms with van der Waals surface area (Å²) < 4.78 is 10.4. The first-order valence-corrected chi connectivity index (χ1v) is 5.02. The zero-order valence-electron chi connectivity index (χ0n) is 8.90. The van der Waals surface area contributed by atoms with Crippen LogP contribution in [-0.2, 0) is 4.74 Å². The third-order valence-corrected chi connectivity index (χ3v) is 2.43. The van der Waals surface area contributed by atoms with E-state index in [1.807, 2.05) is 0 Å². The van der Waals surface area contributed by atoms with Crippen molar-refractivity contribution in [2.45, 2.75) is 13.0 Å². The molecular formula is C11H13NO4. The Balaban J connectivity index is 1.94. The summed E-state index contributed by atoms with van der Waals surface area (Å²) in [6.45, 7) is 2.50. The largest absolute Gasteiger partial charge is 0.508 e. The lowest BCUT2D eigenvalue weighted by Crippen LogP contribution is -2.22. The lowest BCUT2D eigenvalue weighted by molar-refractivity contribution is 0.104. The van der Waals surface area contributed by atoms with Gasteiger partial charge in [0.2, 0.25) is 0 Å². The van der Waals surface area contributed by atoms with Crippen LogP contribution in [0.5, 0.6) is 11.5 Å². The van der Waals surface area contributed by atoms with Crippen molar-refractivity contribution in [3.05, 3.63) is 23.8 Å². The minimum Gasteiger partial charge on any atom is -0.508 e. The molecule has 1 saturated heterocycles. The third kappa shape index (κ3) is 2.18. The number of cyclic esters (lactones) is 1. The average molecular weight is 223 g/mol. The van der Waals surface area contributed by atoms with Crippen molar-refractivity contribution in [3.8, 4) is 11.5 Å². The van der Waals surface area contributed by atoms with E-state index in [0.29, 0.717) is 17.9 Å². The van der Waals surface area contributed by atoms with E-state index in [0.717, 1.165) is 0 Å². The van der Waals surface area contributed by atoms with Crippen LogP contribution in [-0.4, -0.2) is 30.5 Å². The van der Waals surface area contributed by atoms with Crippen LogP contribution in [0.1, 0.15) is 5.56 Å². The highest BCUT2D eigenvalue weighted by Crippen LogP contribution is 2.26. The second-order valence-electron chi connectivity index (χ2n) is 3.62. The second kappa shape index (κ2) is 4.30. The fourth-order valence-corrected chi connectivity index (χ4v) is 1.47. The Morgan fingerprint density at radius 1 is 1.62 bits per heavy atom. The molecule has 0 aliphatic carbocycles. The summed E-state index contributed by atoms with van der Waals surface area (Å²) >= 11 is 0. The number of carbonyl (C=O) groups excluding carboxylic acids is 1. The molecule has 0 radical (unpaired) electrons. The summed E-state index contributed by atoms with van der Waals surface area (Å²) in [5.41, 5.74) is 0.680. The number of amides is 1. The molecule has 1 amide bonds. The van der Waals surface area contributed by atoms with E-state index in [1.165, 1.54) is 0 Å². The molecule has 0 bridgehead atoms. The van der Waals surface area contributed by atoms with Crippen molar-refractivity contribution in [2.75, 3.05) is 13.2 Å². The van der Waals surface area contributed by atoms with Gasteiger partial charge in [0.15, 0.2) is 6.10 Å². The third-order valence-electron chi connectivity index (χ3n) is 2.43. The summed E-state index contributed by atoms with van der Waals surface area (Å²) in [6.07, 6.45) is -0.685. The molecule has 0 spiro atoms. The molecule has 0 saturated carbocycles. The summed E-state index contributed by atoms with van der Waals surface area (Å²) in [4.78, 5) is 10.8. The van der Waals surface area contributed by atoms with Gasteiger partial charge in [0.1, 0.15) is 18.1 Å². The first kappa shape index (κ1) is 10.6. The topological polar surface area (TPSA) is 67.8 Å². The van der Waals surface area contributed by atoms with Gasteiger partial charge in [-0.1, -0.05) is 6.07 Å². The Labute approximate surface area is 93.0 Å². The Hall–Kier alpha value is -1.91. The highest BCUT2D eigenvalue weighted by Gasteiger charge is 2.23. The molecule has 2 N–H and O–H groups in total. The van der Waals surface area contributed by atoms with Gasteiger partial charge in [0, 0.05) is 5.56 Å². The SMILES string of the molecule is Cc1c(O)cccc1OCC1CNC(=O)O1. The van der Waals surface area contributed by atoms with Crippen LogP contribution in [0, 0.1) is 6.92 Å². The predicted octanol–water partition coefficient (Wildman–Crippen LogP) is 1.19. The first-order valence-electron chi connectivity index (χ1n) is 5.02. The zero-order chi connectivity index (χ0) is 11.5. The van der Waals surface area contributed by atoms with E-state index in [-0.39, 0.29) is 18.5 Å². The molecule has 5 nitrogen and oxygen atoms in total. The van der Waals surface area contributed by atoms with Crippen LogP contribution in [0.25, 0.3) is 0 Å². The van der Waals surface area contributed by atoms with Gasteiger partial charge in [-0.3, -0.25) is 0 Å². The summed E-state index contributed by atoms with van der Waals surface area (Å²) in [5.74, 6) is 0.794. The number of benzene rings is 1. The monoisotopic (exact) mass is 223 g/mol. The van der Waals surface area contributed by atoms with Crippen LogP contribution in [0.4, 0.5) is 4.79 Å². The Morgan fingerprint density at radius 3 is 3.12 bits per heavy atom. The van der Waals surface area contributed by atoms with E-state index in [9.17, 15) is 9.90 Å². The molecule has 0 aromatic heterocycles. The maximum atomic E-state index is 10.8. The Bertz CT molecular complexity index is 405. The van der Waals surface area contributed by atoms with Gasteiger partial charge < -0.3 is 19.9 Å². The van der Waals surface area contributed by atoms with Crippen LogP contribution in [0.2, 0.25) is 0 Å². The number of carbonyl (C=O) groups is 1. The highest BCUT2D eigenvalue weighted by atomic mass is 16.6. The van der Waals surface area contributed by atoms with Crippen LogP contribution < -0.4 is 10.1 Å². The average Bonchev–Trinajstić information content (AvgIpc) is 2.67. The molecule has 2 rings (SSSR count). The standard InChI is InChI=1S/C11H13NO4/c1-7-9(13)3-2-4-10(7)15-6-8-5-12-11(14)16-8/h2-4,8,13H,5-6H2,1H3,(H,12,14).